The van der Waals surface area contributed by atoms with Crippen molar-refractivity contribution in [2.75, 3.05) is 20.7 Å². The van der Waals surface area contributed by atoms with E-state index in [1.165, 1.54) is 0 Å². The maximum atomic E-state index is 11.3. The first kappa shape index (κ1) is 12.5. The number of nitrogens with one attached hydrogen (secondary N) is 2. The minimum atomic E-state index is 0.0603. The normalized spacial score (nSPS) is 9.88. The topological polar surface area (TPSA) is 50.4 Å². The van der Waals surface area contributed by atoms with Gasteiger partial charge in [0.25, 0.3) is 0 Å². The van der Waals surface area contributed by atoms with Crippen LogP contribution in [0, 0.1) is 0 Å². The van der Waals surface area contributed by atoms with E-state index in [-0.39, 0.29) is 5.91 Å². The van der Waals surface area contributed by atoms with Gasteiger partial charge in [-0.25, -0.2) is 0 Å². The molecule has 1 amide bonds. The summed E-state index contributed by atoms with van der Waals surface area (Å²) in [6.45, 7) is 1.26. The average Bonchev–Trinajstić information content (AvgIpc) is 2.34. The first-order chi connectivity index (χ1) is 7.76. The number of amides is 1. The molecule has 0 aliphatic heterocycles. The van der Waals surface area contributed by atoms with E-state index < -0.39 is 0 Å². The van der Waals surface area contributed by atoms with Gasteiger partial charge in [-0.3, -0.25) is 4.79 Å². The monoisotopic (exact) mass is 222 g/mol. The molecule has 0 unspecified atom stereocenters. The number of carbonyl (C=O) groups excluding carboxylic acids is 1. The second-order valence-electron chi connectivity index (χ2n) is 3.48. The summed E-state index contributed by atoms with van der Waals surface area (Å²) >= 11 is 0. The predicted octanol–water partition coefficient (Wildman–Crippen LogP) is 0.921. The fourth-order valence-electron chi connectivity index (χ4n) is 1.27. The molecule has 0 aliphatic rings. The van der Waals surface area contributed by atoms with Crippen molar-refractivity contribution < 1.29 is 9.53 Å². The molecule has 1 rings (SSSR count). The van der Waals surface area contributed by atoms with E-state index in [2.05, 4.69) is 10.6 Å². The Hall–Kier alpha value is -1.55. The van der Waals surface area contributed by atoms with Crippen molar-refractivity contribution >= 4 is 5.91 Å². The lowest BCUT2D eigenvalue weighted by atomic mass is 10.2. The van der Waals surface area contributed by atoms with Crippen molar-refractivity contribution in [2.45, 2.75) is 13.0 Å². The standard InChI is InChI=1S/C12H18N2O2/c1-13-8-7-12(15)14-9-10-3-5-11(16-2)6-4-10/h3-6,13H,7-9H2,1-2H3,(H,14,15). The molecule has 0 fully saturated rings. The molecule has 0 atom stereocenters. The maximum Gasteiger partial charge on any atom is 0.221 e. The Labute approximate surface area is 96.0 Å². The Morgan fingerprint density at radius 3 is 2.56 bits per heavy atom. The molecule has 1 aromatic carbocycles. The summed E-state index contributed by atoms with van der Waals surface area (Å²) in [5, 5.41) is 5.79. The summed E-state index contributed by atoms with van der Waals surface area (Å²) in [7, 11) is 3.46. The highest BCUT2D eigenvalue weighted by Crippen LogP contribution is 2.10. The van der Waals surface area contributed by atoms with Crippen LogP contribution in [0.15, 0.2) is 24.3 Å². The zero-order valence-electron chi connectivity index (χ0n) is 9.75. The van der Waals surface area contributed by atoms with Gasteiger partial charge in [-0.05, 0) is 24.7 Å². The second-order valence-corrected chi connectivity index (χ2v) is 3.48. The summed E-state index contributed by atoms with van der Waals surface area (Å²) < 4.78 is 5.05. The number of methoxy groups -OCH3 is 1. The molecule has 0 saturated carbocycles. The van der Waals surface area contributed by atoms with Crippen LogP contribution in [0.1, 0.15) is 12.0 Å². The first-order valence-electron chi connectivity index (χ1n) is 5.30. The van der Waals surface area contributed by atoms with Gasteiger partial charge in [0.1, 0.15) is 5.75 Å². The van der Waals surface area contributed by atoms with Crippen molar-refractivity contribution in [3.63, 3.8) is 0 Å². The Balaban J connectivity index is 2.33. The molecule has 0 heterocycles. The van der Waals surface area contributed by atoms with E-state index in [4.69, 9.17) is 4.74 Å². The van der Waals surface area contributed by atoms with E-state index in [1.807, 2.05) is 31.3 Å². The third-order valence-corrected chi connectivity index (χ3v) is 2.25. The molecule has 88 valence electrons. The summed E-state index contributed by atoms with van der Waals surface area (Å²) in [6.07, 6.45) is 0.507. The highest BCUT2D eigenvalue weighted by Gasteiger charge is 2.00. The van der Waals surface area contributed by atoms with Crippen LogP contribution in [0.2, 0.25) is 0 Å². The third-order valence-electron chi connectivity index (χ3n) is 2.25. The quantitative estimate of drug-likeness (QED) is 0.752. The Kier molecular flexibility index (Phi) is 5.36. The Bertz CT molecular complexity index is 322. The van der Waals surface area contributed by atoms with Crippen LogP contribution in [0.3, 0.4) is 0 Å². The zero-order chi connectivity index (χ0) is 11.8. The van der Waals surface area contributed by atoms with Crippen molar-refractivity contribution in [2.24, 2.45) is 0 Å². The molecule has 1 aromatic rings. The molecule has 0 bridgehead atoms. The fourth-order valence-corrected chi connectivity index (χ4v) is 1.27. The van der Waals surface area contributed by atoms with Crippen molar-refractivity contribution in [3.05, 3.63) is 29.8 Å². The van der Waals surface area contributed by atoms with E-state index in [0.717, 1.165) is 11.3 Å². The van der Waals surface area contributed by atoms with Crippen LogP contribution in [-0.2, 0) is 11.3 Å². The molecule has 0 saturated heterocycles. The van der Waals surface area contributed by atoms with Gasteiger partial charge < -0.3 is 15.4 Å². The van der Waals surface area contributed by atoms with Gasteiger partial charge in [-0.15, -0.1) is 0 Å². The van der Waals surface area contributed by atoms with Gasteiger partial charge in [-0.1, -0.05) is 12.1 Å². The predicted molar refractivity (Wildman–Crippen MR) is 63.4 cm³/mol. The molecule has 4 heteroatoms. The second kappa shape index (κ2) is 6.85. The number of hydrogen-bond acceptors (Lipinski definition) is 3. The summed E-state index contributed by atoms with van der Waals surface area (Å²) in [6, 6.07) is 7.65. The van der Waals surface area contributed by atoms with Gasteiger partial charge in [0.15, 0.2) is 0 Å². The minimum Gasteiger partial charge on any atom is -0.497 e. The van der Waals surface area contributed by atoms with E-state index in [9.17, 15) is 4.79 Å². The van der Waals surface area contributed by atoms with E-state index >= 15 is 0 Å². The van der Waals surface area contributed by atoms with Crippen LogP contribution in [0.25, 0.3) is 0 Å². The van der Waals surface area contributed by atoms with Crippen LogP contribution >= 0.6 is 0 Å². The highest BCUT2D eigenvalue weighted by molar-refractivity contribution is 5.76. The average molecular weight is 222 g/mol. The highest BCUT2D eigenvalue weighted by atomic mass is 16.5. The fraction of sp³-hybridized carbons (Fsp3) is 0.417. The largest absolute Gasteiger partial charge is 0.497 e. The third kappa shape index (κ3) is 4.31. The number of benzene rings is 1. The van der Waals surface area contributed by atoms with E-state index in [0.29, 0.717) is 19.5 Å². The van der Waals surface area contributed by atoms with Crippen LogP contribution in [0.5, 0.6) is 5.75 Å². The summed E-state index contributed by atoms with van der Waals surface area (Å²) in [5.74, 6) is 0.885. The van der Waals surface area contributed by atoms with Gasteiger partial charge in [0.05, 0.1) is 7.11 Å². The molecule has 0 spiro atoms. The van der Waals surface area contributed by atoms with Gasteiger partial charge in [0.2, 0.25) is 5.91 Å². The number of ether oxygens (including phenoxy) is 1. The number of hydrogen-bond donors (Lipinski definition) is 2. The molecule has 0 radical (unpaired) electrons. The zero-order valence-corrected chi connectivity index (χ0v) is 9.75. The minimum absolute atomic E-state index is 0.0603. The van der Waals surface area contributed by atoms with Crippen LogP contribution in [-0.4, -0.2) is 26.6 Å². The van der Waals surface area contributed by atoms with Gasteiger partial charge in [-0.2, -0.15) is 0 Å². The Morgan fingerprint density at radius 2 is 2.00 bits per heavy atom. The molecule has 4 nitrogen and oxygen atoms in total. The smallest absolute Gasteiger partial charge is 0.221 e. The lowest BCUT2D eigenvalue weighted by Crippen LogP contribution is -2.26. The van der Waals surface area contributed by atoms with Crippen LogP contribution in [0.4, 0.5) is 0 Å². The SMILES string of the molecule is CNCCC(=O)NCc1ccc(OC)cc1. The number of rotatable bonds is 6. The summed E-state index contributed by atoms with van der Waals surface area (Å²) in [4.78, 5) is 11.3. The van der Waals surface area contributed by atoms with Crippen LogP contribution < -0.4 is 15.4 Å². The van der Waals surface area contributed by atoms with Gasteiger partial charge >= 0.3 is 0 Å². The lowest BCUT2D eigenvalue weighted by molar-refractivity contribution is -0.121. The molecule has 2 N–H and O–H groups in total. The lowest BCUT2D eigenvalue weighted by Gasteiger charge is -2.06. The Morgan fingerprint density at radius 1 is 1.31 bits per heavy atom. The number of carbonyl (C=O) groups is 1. The maximum absolute atomic E-state index is 11.3. The van der Waals surface area contributed by atoms with Crippen molar-refractivity contribution in [1.29, 1.82) is 0 Å². The molecule has 0 aliphatic carbocycles. The molecule has 16 heavy (non-hydrogen) atoms. The van der Waals surface area contributed by atoms with E-state index in [1.54, 1.807) is 7.11 Å². The molecule has 0 aromatic heterocycles. The van der Waals surface area contributed by atoms with Gasteiger partial charge in [0, 0.05) is 19.5 Å². The molecular formula is C12H18N2O2. The molecular weight excluding hydrogens is 204 g/mol. The first-order valence-corrected chi connectivity index (χ1v) is 5.30. The van der Waals surface area contributed by atoms with Crippen molar-refractivity contribution in [1.82, 2.24) is 10.6 Å². The summed E-state index contributed by atoms with van der Waals surface area (Å²) in [5.41, 5.74) is 1.07. The van der Waals surface area contributed by atoms with Crippen molar-refractivity contribution in [3.8, 4) is 5.75 Å².